The molecule has 0 radical (unpaired) electrons. The summed E-state index contributed by atoms with van der Waals surface area (Å²) in [7, 11) is 0. The van der Waals surface area contributed by atoms with Gasteiger partial charge in [0.1, 0.15) is 0 Å². The lowest BCUT2D eigenvalue weighted by Crippen LogP contribution is -2.46. The van der Waals surface area contributed by atoms with Gasteiger partial charge in [-0.05, 0) is 31.0 Å². The van der Waals surface area contributed by atoms with E-state index in [1.165, 1.54) is 50.3 Å². The van der Waals surface area contributed by atoms with Crippen molar-refractivity contribution < 1.29 is 0 Å². The minimum atomic E-state index is 1.12. The Morgan fingerprint density at radius 3 is 2.29 bits per heavy atom. The molecule has 1 heterocycles. The van der Waals surface area contributed by atoms with Crippen LogP contribution in [0, 0.1) is 6.92 Å². The molecule has 0 atom stereocenters. The van der Waals surface area contributed by atoms with Crippen LogP contribution in [0.1, 0.15) is 24.5 Å². The predicted molar refractivity (Wildman–Crippen MR) is 73.2 cm³/mol. The maximum atomic E-state index is 2.58. The number of aryl methyl sites for hydroxylation is 1. The quantitative estimate of drug-likeness (QED) is 0.787. The Hall–Kier alpha value is -0.860. The van der Waals surface area contributed by atoms with Gasteiger partial charge in [-0.2, -0.15) is 0 Å². The lowest BCUT2D eigenvalue weighted by molar-refractivity contribution is 0.127. The summed E-state index contributed by atoms with van der Waals surface area (Å²) in [4.78, 5) is 5.16. The molecule has 1 saturated heterocycles. The molecule has 94 valence electrons. The monoisotopic (exact) mass is 232 g/mol. The molecule has 17 heavy (non-hydrogen) atoms. The zero-order valence-electron chi connectivity index (χ0n) is 11.2. The van der Waals surface area contributed by atoms with Gasteiger partial charge < -0.3 is 4.90 Å². The van der Waals surface area contributed by atoms with Crippen LogP contribution in [0.4, 0.5) is 0 Å². The van der Waals surface area contributed by atoms with Crippen molar-refractivity contribution in [2.45, 2.75) is 26.8 Å². The van der Waals surface area contributed by atoms with Crippen LogP contribution in [0.5, 0.6) is 0 Å². The molecule has 0 amide bonds. The average Bonchev–Trinajstić information content (AvgIpc) is 2.35. The Labute approximate surface area is 105 Å². The average molecular weight is 232 g/mol. The SMILES string of the molecule is CCCN1CCN(Cc2ccccc2C)CC1. The second-order valence-electron chi connectivity index (χ2n) is 5.04. The Balaban J connectivity index is 1.84. The first-order valence-corrected chi connectivity index (χ1v) is 6.79. The van der Waals surface area contributed by atoms with Crippen molar-refractivity contribution >= 4 is 0 Å². The summed E-state index contributed by atoms with van der Waals surface area (Å²) >= 11 is 0. The molecule has 0 spiro atoms. The van der Waals surface area contributed by atoms with Crippen molar-refractivity contribution in [3.05, 3.63) is 35.4 Å². The third-order valence-electron chi connectivity index (χ3n) is 3.66. The molecule has 0 aliphatic carbocycles. The van der Waals surface area contributed by atoms with Crippen molar-refractivity contribution in [1.29, 1.82) is 0 Å². The van der Waals surface area contributed by atoms with Crippen LogP contribution < -0.4 is 0 Å². The molecule has 2 rings (SSSR count). The van der Waals surface area contributed by atoms with E-state index in [-0.39, 0.29) is 0 Å². The molecule has 0 bridgehead atoms. The minimum absolute atomic E-state index is 1.12. The van der Waals surface area contributed by atoms with Gasteiger partial charge in [-0.25, -0.2) is 0 Å². The highest BCUT2D eigenvalue weighted by Crippen LogP contribution is 2.12. The van der Waals surface area contributed by atoms with Gasteiger partial charge in [0.05, 0.1) is 0 Å². The van der Waals surface area contributed by atoms with Gasteiger partial charge in [-0.1, -0.05) is 31.2 Å². The van der Waals surface area contributed by atoms with Crippen molar-refractivity contribution in [1.82, 2.24) is 9.80 Å². The highest BCUT2D eigenvalue weighted by atomic mass is 15.3. The van der Waals surface area contributed by atoms with E-state index in [0.29, 0.717) is 0 Å². The lowest BCUT2D eigenvalue weighted by Gasteiger charge is -2.34. The fourth-order valence-electron chi connectivity index (χ4n) is 2.52. The molecule has 2 nitrogen and oxygen atoms in total. The number of piperazine rings is 1. The number of nitrogens with zero attached hydrogens (tertiary/aromatic N) is 2. The van der Waals surface area contributed by atoms with Gasteiger partial charge in [0.2, 0.25) is 0 Å². The first-order chi connectivity index (χ1) is 8.29. The summed E-state index contributed by atoms with van der Waals surface area (Å²) < 4.78 is 0. The van der Waals surface area contributed by atoms with Crippen LogP contribution in [0.25, 0.3) is 0 Å². The smallest absolute Gasteiger partial charge is 0.0237 e. The topological polar surface area (TPSA) is 6.48 Å². The molecule has 1 fully saturated rings. The van der Waals surface area contributed by atoms with Crippen molar-refractivity contribution in [3.63, 3.8) is 0 Å². The first-order valence-electron chi connectivity index (χ1n) is 6.79. The Kier molecular flexibility index (Phi) is 4.57. The molecule has 0 unspecified atom stereocenters. The normalized spacial score (nSPS) is 18.5. The number of hydrogen-bond acceptors (Lipinski definition) is 2. The van der Waals surface area contributed by atoms with Gasteiger partial charge in [-0.15, -0.1) is 0 Å². The van der Waals surface area contributed by atoms with Crippen LogP contribution in [0.2, 0.25) is 0 Å². The van der Waals surface area contributed by atoms with E-state index in [2.05, 4.69) is 47.9 Å². The van der Waals surface area contributed by atoms with Gasteiger partial charge in [-0.3, -0.25) is 4.90 Å². The maximum absolute atomic E-state index is 2.58. The number of benzene rings is 1. The van der Waals surface area contributed by atoms with Crippen molar-refractivity contribution in [2.75, 3.05) is 32.7 Å². The van der Waals surface area contributed by atoms with E-state index >= 15 is 0 Å². The Morgan fingerprint density at radius 1 is 1.00 bits per heavy atom. The first kappa shape index (κ1) is 12.6. The summed E-state index contributed by atoms with van der Waals surface area (Å²) in [5.74, 6) is 0. The number of hydrogen-bond donors (Lipinski definition) is 0. The van der Waals surface area contributed by atoms with Crippen LogP contribution in [0.3, 0.4) is 0 Å². The highest BCUT2D eigenvalue weighted by Gasteiger charge is 2.16. The van der Waals surface area contributed by atoms with E-state index in [0.717, 1.165) is 6.54 Å². The molecule has 1 aliphatic rings. The maximum Gasteiger partial charge on any atom is 0.0237 e. The lowest BCUT2D eigenvalue weighted by atomic mass is 10.1. The second kappa shape index (κ2) is 6.18. The molecule has 0 aromatic heterocycles. The van der Waals surface area contributed by atoms with Gasteiger partial charge >= 0.3 is 0 Å². The number of rotatable bonds is 4. The highest BCUT2D eigenvalue weighted by molar-refractivity contribution is 5.25. The fourth-order valence-corrected chi connectivity index (χ4v) is 2.52. The Bertz CT molecular complexity index is 341. The second-order valence-corrected chi connectivity index (χ2v) is 5.04. The van der Waals surface area contributed by atoms with E-state index in [1.54, 1.807) is 0 Å². The third kappa shape index (κ3) is 3.55. The molecule has 1 aliphatic heterocycles. The van der Waals surface area contributed by atoms with Crippen LogP contribution >= 0.6 is 0 Å². The summed E-state index contributed by atoms with van der Waals surface area (Å²) in [5.41, 5.74) is 2.90. The third-order valence-corrected chi connectivity index (χ3v) is 3.66. The molecular weight excluding hydrogens is 208 g/mol. The zero-order valence-corrected chi connectivity index (χ0v) is 11.2. The minimum Gasteiger partial charge on any atom is -0.301 e. The van der Waals surface area contributed by atoms with E-state index in [9.17, 15) is 0 Å². The summed E-state index contributed by atoms with van der Waals surface area (Å²) in [6, 6.07) is 8.74. The molecule has 2 heteroatoms. The molecule has 0 N–H and O–H groups in total. The van der Waals surface area contributed by atoms with Gasteiger partial charge in [0.25, 0.3) is 0 Å². The summed E-state index contributed by atoms with van der Waals surface area (Å²) in [6.07, 6.45) is 1.28. The molecule has 0 saturated carbocycles. The van der Waals surface area contributed by atoms with Crippen LogP contribution in [0.15, 0.2) is 24.3 Å². The van der Waals surface area contributed by atoms with Crippen molar-refractivity contribution in [3.8, 4) is 0 Å². The predicted octanol–water partition coefficient (Wildman–Crippen LogP) is 2.52. The van der Waals surface area contributed by atoms with Gasteiger partial charge in [0.15, 0.2) is 0 Å². The molecule has 1 aromatic rings. The van der Waals surface area contributed by atoms with E-state index in [4.69, 9.17) is 0 Å². The van der Waals surface area contributed by atoms with Crippen molar-refractivity contribution in [2.24, 2.45) is 0 Å². The summed E-state index contributed by atoms with van der Waals surface area (Å²) in [6.45, 7) is 11.8. The Morgan fingerprint density at radius 2 is 1.65 bits per heavy atom. The van der Waals surface area contributed by atoms with Crippen LogP contribution in [-0.4, -0.2) is 42.5 Å². The fraction of sp³-hybridized carbons (Fsp3) is 0.600. The van der Waals surface area contributed by atoms with E-state index < -0.39 is 0 Å². The zero-order chi connectivity index (χ0) is 12.1. The standard InChI is InChI=1S/C15H24N2/c1-3-8-16-9-11-17(12-10-16)13-15-7-5-4-6-14(15)2/h4-7H,3,8-13H2,1-2H3. The van der Waals surface area contributed by atoms with Crippen LogP contribution in [-0.2, 0) is 6.54 Å². The van der Waals surface area contributed by atoms with E-state index in [1.807, 2.05) is 0 Å². The largest absolute Gasteiger partial charge is 0.301 e. The summed E-state index contributed by atoms with van der Waals surface area (Å²) in [5, 5.41) is 0. The molecular formula is C15H24N2. The molecule has 1 aromatic carbocycles. The van der Waals surface area contributed by atoms with Gasteiger partial charge in [0, 0.05) is 32.7 Å².